The third-order valence-corrected chi connectivity index (χ3v) is 1.67. The van der Waals surface area contributed by atoms with Crippen molar-refractivity contribution in [3.05, 3.63) is 0 Å². The predicted octanol–water partition coefficient (Wildman–Crippen LogP) is -1.15. The van der Waals surface area contributed by atoms with Gasteiger partial charge in [0, 0.05) is 12.6 Å². The van der Waals surface area contributed by atoms with Gasteiger partial charge in [-0.25, -0.2) is 0 Å². The molecule has 0 atom stereocenters. The summed E-state index contributed by atoms with van der Waals surface area (Å²) in [5.41, 5.74) is 3.94. The largest absolute Gasteiger partial charge is 0.394 e. The molecule has 0 aromatic carbocycles. The van der Waals surface area contributed by atoms with E-state index in [0.29, 0.717) is 12.6 Å². The van der Waals surface area contributed by atoms with Gasteiger partial charge in [0.2, 0.25) is 0 Å². The van der Waals surface area contributed by atoms with E-state index in [2.05, 4.69) is 0 Å². The van der Waals surface area contributed by atoms with Crippen LogP contribution in [0.5, 0.6) is 0 Å². The monoisotopic (exact) mass is 222 g/mol. The minimum absolute atomic E-state index is 0.0729. The molecule has 6 nitrogen and oxygen atoms in total. The highest BCUT2D eigenvalue weighted by atomic mass is 31.1. The second-order valence-corrected chi connectivity index (χ2v) is 3.30. The summed E-state index contributed by atoms with van der Waals surface area (Å²) in [5.74, 6) is 0. The van der Waals surface area contributed by atoms with Gasteiger partial charge in [0.25, 0.3) is 0 Å². The van der Waals surface area contributed by atoms with Crippen molar-refractivity contribution in [3.8, 4) is 6.07 Å². The van der Waals surface area contributed by atoms with Crippen LogP contribution in [0.2, 0.25) is 0 Å². The molecular formula is C7H15N2O4P. The molecular weight excluding hydrogens is 207 g/mol. The number of hydrogen-bond acceptors (Lipinski definition) is 6. The highest BCUT2D eigenvalue weighted by molar-refractivity contribution is 7.23. The van der Waals surface area contributed by atoms with E-state index in [1.54, 1.807) is 0 Å². The van der Waals surface area contributed by atoms with Crippen LogP contribution in [-0.2, 0) is 4.57 Å². The van der Waals surface area contributed by atoms with Crippen molar-refractivity contribution in [2.24, 2.45) is 5.73 Å². The Kier molecular flexibility index (Phi) is 11.9. The summed E-state index contributed by atoms with van der Waals surface area (Å²) < 4.78 is 9.51. The first-order valence-electron chi connectivity index (χ1n) is 3.87. The number of nitrogens with two attached hydrogens (primary N) is 1. The maximum Gasteiger partial charge on any atom is 0.156 e. The maximum absolute atomic E-state index is 9.51. The van der Waals surface area contributed by atoms with Crippen molar-refractivity contribution in [1.82, 2.24) is 0 Å². The highest BCUT2D eigenvalue weighted by Crippen LogP contribution is 1.93. The average molecular weight is 222 g/mol. The molecule has 82 valence electrons. The van der Waals surface area contributed by atoms with Crippen LogP contribution < -0.4 is 5.73 Å². The zero-order valence-corrected chi connectivity index (χ0v) is 8.65. The minimum atomic E-state index is -1.21. The molecule has 0 aromatic rings. The molecule has 0 spiro atoms. The van der Waals surface area contributed by atoms with Gasteiger partial charge in [0.15, 0.2) is 8.46 Å². The van der Waals surface area contributed by atoms with Gasteiger partial charge < -0.3 is 21.1 Å². The SMILES string of the molecule is N#CCCP=O.NC(CO)(CO)CO. The van der Waals surface area contributed by atoms with Crippen LogP contribution in [0, 0.1) is 11.3 Å². The average Bonchev–Trinajstić information content (AvgIpc) is 2.26. The maximum atomic E-state index is 9.51. The Morgan fingerprint density at radius 1 is 1.29 bits per heavy atom. The first-order chi connectivity index (χ1) is 6.60. The second kappa shape index (κ2) is 10.5. The molecule has 0 fully saturated rings. The van der Waals surface area contributed by atoms with Crippen molar-refractivity contribution in [2.75, 3.05) is 26.0 Å². The van der Waals surface area contributed by atoms with Gasteiger partial charge in [0.1, 0.15) is 0 Å². The van der Waals surface area contributed by atoms with E-state index >= 15 is 0 Å². The van der Waals surface area contributed by atoms with E-state index in [1.807, 2.05) is 6.07 Å². The molecule has 0 saturated heterocycles. The molecule has 0 unspecified atom stereocenters. The molecule has 0 aliphatic heterocycles. The van der Waals surface area contributed by atoms with Crippen LogP contribution in [0.3, 0.4) is 0 Å². The van der Waals surface area contributed by atoms with Crippen molar-refractivity contribution >= 4 is 8.46 Å². The summed E-state index contributed by atoms with van der Waals surface area (Å²) >= 11 is 0. The number of aliphatic hydroxyl groups is 3. The molecule has 0 saturated carbocycles. The molecule has 14 heavy (non-hydrogen) atoms. The summed E-state index contributed by atoms with van der Waals surface area (Å²) in [5, 5.41) is 32.8. The van der Waals surface area contributed by atoms with Crippen LogP contribution in [0.1, 0.15) is 6.42 Å². The predicted molar refractivity (Wildman–Crippen MR) is 50.9 cm³/mol. The van der Waals surface area contributed by atoms with Gasteiger partial charge in [-0.2, -0.15) is 5.26 Å². The van der Waals surface area contributed by atoms with E-state index in [1.165, 1.54) is 0 Å². The molecule has 0 rings (SSSR count). The second-order valence-electron chi connectivity index (χ2n) is 2.60. The fraction of sp³-hybridized carbons (Fsp3) is 0.857. The third-order valence-electron chi connectivity index (χ3n) is 1.26. The van der Waals surface area contributed by atoms with Crippen LogP contribution in [0.25, 0.3) is 0 Å². The Bertz CT molecular complexity index is 171. The first kappa shape index (κ1) is 15.9. The number of nitrogens with zero attached hydrogens (tertiary/aromatic N) is 1. The lowest BCUT2D eigenvalue weighted by Gasteiger charge is -2.20. The molecule has 5 N–H and O–H groups in total. The quantitative estimate of drug-likeness (QED) is 0.343. The Labute approximate surface area is 84.2 Å². The summed E-state index contributed by atoms with van der Waals surface area (Å²) in [7, 11) is 0.0729. The fourth-order valence-corrected chi connectivity index (χ4v) is 0.437. The highest BCUT2D eigenvalue weighted by Gasteiger charge is 2.20. The zero-order valence-electron chi connectivity index (χ0n) is 7.76. The standard InChI is InChI=1S/C4H11NO3.C3H4NOP/c5-4(1-6,2-7)3-8;4-2-1-3-6-5/h6-8H,1-3,5H2;1,3H2. The van der Waals surface area contributed by atoms with E-state index in [4.69, 9.17) is 26.3 Å². The molecule has 7 heteroatoms. The van der Waals surface area contributed by atoms with Crippen LogP contribution in [0.15, 0.2) is 0 Å². The van der Waals surface area contributed by atoms with Gasteiger partial charge in [-0.05, 0) is 0 Å². The molecule has 0 aliphatic rings. The van der Waals surface area contributed by atoms with E-state index in [-0.39, 0.29) is 8.46 Å². The smallest absolute Gasteiger partial charge is 0.156 e. The van der Waals surface area contributed by atoms with E-state index < -0.39 is 25.4 Å². The lowest BCUT2D eigenvalue weighted by Crippen LogP contribution is -2.50. The lowest BCUT2D eigenvalue weighted by molar-refractivity contribution is 0.0698. The Balaban J connectivity index is 0. The van der Waals surface area contributed by atoms with E-state index in [9.17, 15) is 4.57 Å². The van der Waals surface area contributed by atoms with Crippen LogP contribution in [0.4, 0.5) is 0 Å². The minimum Gasteiger partial charge on any atom is -0.394 e. The third kappa shape index (κ3) is 9.52. The van der Waals surface area contributed by atoms with Crippen molar-refractivity contribution in [2.45, 2.75) is 12.0 Å². The molecule has 0 aromatic heterocycles. The number of hydrogen-bond donors (Lipinski definition) is 4. The Morgan fingerprint density at radius 3 is 1.79 bits per heavy atom. The summed E-state index contributed by atoms with van der Waals surface area (Å²) in [6.45, 7) is -1.21. The van der Waals surface area contributed by atoms with Gasteiger partial charge in [-0.15, -0.1) is 0 Å². The zero-order chi connectivity index (χ0) is 11.4. The topological polar surface area (TPSA) is 128 Å². The van der Waals surface area contributed by atoms with Crippen molar-refractivity contribution in [1.29, 1.82) is 5.26 Å². The van der Waals surface area contributed by atoms with Gasteiger partial charge in [0.05, 0.1) is 31.4 Å². The van der Waals surface area contributed by atoms with Gasteiger partial charge in [-0.1, -0.05) is 0 Å². The number of aliphatic hydroxyl groups excluding tert-OH is 3. The summed E-state index contributed by atoms with van der Waals surface area (Å²) in [6, 6.07) is 1.86. The number of nitriles is 1. The van der Waals surface area contributed by atoms with E-state index in [0.717, 1.165) is 0 Å². The Hall–Kier alpha value is -0.570. The van der Waals surface area contributed by atoms with Crippen molar-refractivity contribution in [3.63, 3.8) is 0 Å². The van der Waals surface area contributed by atoms with Gasteiger partial charge >= 0.3 is 0 Å². The van der Waals surface area contributed by atoms with Crippen LogP contribution >= 0.6 is 8.46 Å². The van der Waals surface area contributed by atoms with Gasteiger partial charge in [-0.3, -0.25) is 4.57 Å². The Morgan fingerprint density at radius 2 is 1.71 bits per heavy atom. The molecule has 0 amide bonds. The lowest BCUT2D eigenvalue weighted by atomic mass is 10.1. The van der Waals surface area contributed by atoms with Crippen LogP contribution in [-0.4, -0.2) is 46.8 Å². The normalized spacial score (nSPS) is 10.2. The summed E-state index contributed by atoms with van der Waals surface area (Å²) in [6.07, 6.45) is 0.863. The molecule has 0 aliphatic carbocycles. The fourth-order valence-electron chi connectivity index (χ4n) is 0.246. The molecule has 0 radical (unpaired) electrons. The van der Waals surface area contributed by atoms with Crippen molar-refractivity contribution < 1.29 is 19.9 Å². The molecule has 0 heterocycles. The summed E-state index contributed by atoms with van der Waals surface area (Å²) in [4.78, 5) is 0. The first-order valence-corrected chi connectivity index (χ1v) is 4.87. The number of rotatable bonds is 5. The molecule has 0 bridgehead atoms.